The Labute approximate surface area is 135 Å². The monoisotopic (exact) mass is 299 g/mol. The van der Waals surface area contributed by atoms with Gasteiger partial charge in [-0.1, -0.05) is 88.4 Å². The smallest absolute Gasteiger partial charge is 0.130 e. The highest BCUT2D eigenvalue weighted by Gasteiger charge is 2.38. The van der Waals surface area contributed by atoms with E-state index in [1.165, 1.54) is 0 Å². The first-order valence-corrected chi connectivity index (χ1v) is 8.14. The normalized spacial score (nSPS) is 12.5. The van der Waals surface area contributed by atoms with Crippen molar-refractivity contribution in [3.05, 3.63) is 71.8 Å². The lowest BCUT2D eigenvalue weighted by molar-refractivity contribution is 0.0442. The van der Waals surface area contributed by atoms with Crippen LogP contribution in [0.1, 0.15) is 45.2 Å². The summed E-state index contributed by atoms with van der Waals surface area (Å²) in [6, 6.07) is 19.0. The number of rotatable bonds is 5. The van der Waals surface area contributed by atoms with Gasteiger partial charge in [-0.3, -0.25) is 0 Å². The molecule has 0 heterocycles. The van der Waals surface area contributed by atoms with Crippen LogP contribution in [0.25, 0.3) is 0 Å². The summed E-state index contributed by atoms with van der Waals surface area (Å²) in [7, 11) is 0. The molecule has 2 heteroatoms. The van der Waals surface area contributed by atoms with Gasteiger partial charge in [-0.2, -0.15) is 0 Å². The largest absolute Gasteiger partial charge is 0.379 e. The Morgan fingerprint density at radius 2 is 1.23 bits per heavy atom. The molecule has 0 amide bonds. The van der Waals surface area contributed by atoms with Crippen molar-refractivity contribution in [3.8, 4) is 0 Å². The molecule has 0 bridgehead atoms. The summed E-state index contributed by atoms with van der Waals surface area (Å²) >= 11 is 0. The Morgan fingerprint density at radius 1 is 0.864 bits per heavy atom. The lowest BCUT2D eigenvalue weighted by Gasteiger charge is -2.36. The highest BCUT2D eigenvalue weighted by molar-refractivity contribution is 5.37. The summed E-state index contributed by atoms with van der Waals surface area (Å²) < 4.78 is 0. The van der Waals surface area contributed by atoms with Crippen molar-refractivity contribution in [2.24, 2.45) is 11.7 Å². The van der Waals surface area contributed by atoms with Gasteiger partial charge < -0.3 is 10.8 Å². The van der Waals surface area contributed by atoms with E-state index in [-0.39, 0.29) is 6.04 Å². The van der Waals surface area contributed by atoms with E-state index in [4.69, 9.17) is 5.73 Å². The second-order valence-electron chi connectivity index (χ2n) is 5.73. The van der Waals surface area contributed by atoms with Crippen molar-refractivity contribution >= 4 is 0 Å². The summed E-state index contributed by atoms with van der Waals surface area (Å²) in [6.45, 7) is 8.24. The predicted molar refractivity (Wildman–Crippen MR) is 94.7 cm³/mol. The van der Waals surface area contributed by atoms with E-state index in [0.29, 0.717) is 5.92 Å². The third-order valence-electron chi connectivity index (χ3n) is 3.69. The SMILES string of the molecule is CC.CC(C)CC(N)C(O)(c1ccccc1)c1ccccc1. The van der Waals surface area contributed by atoms with Gasteiger partial charge in [-0.25, -0.2) is 0 Å². The minimum absolute atomic E-state index is 0.340. The van der Waals surface area contributed by atoms with Gasteiger partial charge in [0.15, 0.2) is 0 Å². The standard InChI is InChI=1S/C18H23NO.C2H6/c1-14(2)13-17(19)18(20,15-9-5-3-6-10-15)16-11-7-4-8-12-16;1-2/h3-12,14,17,20H,13,19H2,1-2H3;1-2H3. The first-order valence-electron chi connectivity index (χ1n) is 8.14. The van der Waals surface area contributed by atoms with Gasteiger partial charge in [0.05, 0.1) is 0 Å². The number of hydrogen-bond acceptors (Lipinski definition) is 2. The molecular formula is C20H29NO. The Balaban J connectivity index is 0.00000116. The molecular weight excluding hydrogens is 270 g/mol. The molecule has 2 aromatic carbocycles. The number of nitrogens with two attached hydrogens (primary N) is 1. The van der Waals surface area contributed by atoms with E-state index in [1.54, 1.807) is 0 Å². The molecule has 0 saturated carbocycles. The summed E-state index contributed by atoms with van der Waals surface area (Å²) in [5, 5.41) is 11.3. The van der Waals surface area contributed by atoms with Gasteiger partial charge in [0.25, 0.3) is 0 Å². The summed E-state index contributed by atoms with van der Waals surface area (Å²) in [5.74, 6) is 0.434. The second-order valence-corrected chi connectivity index (χ2v) is 5.73. The van der Waals surface area contributed by atoms with E-state index < -0.39 is 5.60 Å². The Bertz CT molecular complexity index is 482. The molecule has 1 atom stereocenters. The quantitative estimate of drug-likeness (QED) is 0.863. The van der Waals surface area contributed by atoms with Crippen LogP contribution in [0.15, 0.2) is 60.7 Å². The van der Waals surface area contributed by atoms with Gasteiger partial charge in [0.2, 0.25) is 0 Å². The first kappa shape index (κ1) is 18.4. The van der Waals surface area contributed by atoms with Gasteiger partial charge in [0.1, 0.15) is 5.60 Å². The van der Waals surface area contributed by atoms with Crippen molar-refractivity contribution in [3.63, 3.8) is 0 Å². The molecule has 0 radical (unpaired) electrons. The minimum Gasteiger partial charge on any atom is -0.379 e. The highest BCUT2D eigenvalue weighted by atomic mass is 16.3. The van der Waals surface area contributed by atoms with Gasteiger partial charge in [0, 0.05) is 6.04 Å². The molecule has 0 aliphatic rings. The molecule has 2 rings (SSSR count). The maximum absolute atomic E-state index is 11.3. The van der Waals surface area contributed by atoms with Gasteiger partial charge in [-0.05, 0) is 23.5 Å². The molecule has 22 heavy (non-hydrogen) atoms. The van der Waals surface area contributed by atoms with E-state index in [9.17, 15) is 5.11 Å². The fourth-order valence-corrected chi connectivity index (χ4v) is 2.66. The van der Waals surface area contributed by atoms with E-state index in [1.807, 2.05) is 74.5 Å². The zero-order valence-electron chi connectivity index (χ0n) is 14.2. The van der Waals surface area contributed by atoms with Crippen LogP contribution in [0.4, 0.5) is 0 Å². The molecule has 0 aromatic heterocycles. The molecule has 0 aliphatic heterocycles. The first-order chi connectivity index (χ1) is 10.5. The summed E-state index contributed by atoms with van der Waals surface area (Å²) in [6.07, 6.45) is 0.764. The molecule has 0 fully saturated rings. The van der Waals surface area contributed by atoms with Crippen molar-refractivity contribution in [1.82, 2.24) is 0 Å². The zero-order valence-corrected chi connectivity index (χ0v) is 14.2. The maximum Gasteiger partial charge on any atom is 0.130 e. The molecule has 120 valence electrons. The van der Waals surface area contributed by atoms with Crippen LogP contribution in [-0.4, -0.2) is 11.1 Å². The topological polar surface area (TPSA) is 46.2 Å². The summed E-state index contributed by atoms with van der Waals surface area (Å²) in [4.78, 5) is 0. The molecule has 2 aromatic rings. The molecule has 0 aliphatic carbocycles. The van der Waals surface area contributed by atoms with Gasteiger partial charge >= 0.3 is 0 Å². The molecule has 0 saturated heterocycles. The van der Waals surface area contributed by atoms with Crippen molar-refractivity contribution < 1.29 is 5.11 Å². The van der Waals surface area contributed by atoms with Crippen LogP contribution >= 0.6 is 0 Å². The third kappa shape index (κ3) is 4.19. The van der Waals surface area contributed by atoms with E-state index >= 15 is 0 Å². The Hall–Kier alpha value is -1.64. The van der Waals surface area contributed by atoms with Crippen LogP contribution in [-0.2, 0) is 5.60 Å². The maximum atomic E-state index is 11.3. The van der Waals surface area contributed by atoms with Crippen LogP contribution in [0.3, 0.4) is 0 Å². The lowest BCUT2D eigenvalue weighted by atomic mass is 9.78. The zero-order chi connectivity index (χ0) is 16.6. The predicted octanol–water partition coefficient (Wildman–Crippen LogP) is 4.32. The van der Waals surface area contributed by atoms with E-state index in [2.05, 4.69) is 13.8 Å². The number of aliphatic hydroxyl groups is 1. The Kier molecular flexibility index (Phi) is 7.30. The van der Waals surface area contributed by atoms with Gasteiger partial charge in [-0.15, -0.1) is 0 Å². The van der Waals surface area contributed by atoms with Crippen LogP contribution < -0.4 is 5.73 Å². The van der Waals surface area contributed by atoms with Crippen molar-refractivity contribution in [2.75, 3.05) is 0 Å². The van der Waals surface area contributed by atoms with Crippen molar-refractivity contribution in [1.29, 1.82) is 0 Å². The number of hydrogen-bond donors (Lipinski definition) is 2. The minimum atomic E-state index is -1.15. The molecule has 0 spiro atoms. The third-order valence-corrected chi connectivity index (χ3v) is 3.69. The van der Waals surface area contributed by atoms with E-state index in [0.717, 1.165) is 17.5 Å². The fraction of sp³-hybridized carbons (Fsp3) is 0.400. The lowest BCUT2D eigenvalue weighted by Crippen LogP contribution is -2.47. The van der Waals surface area contributed by atoms with Crippen LogP contribution in [0.5, 0.6) is 0 Å². The average Bonchev–Trinajstić information content (AvgIpc) is 2.57. The second kappa shape index (κ2) is 8.72. The fourth-order valence-electron chi connectivity index (χ4n) is 2.66. The highest BCUT2D eigenvalue weighted by Crippen LogP contribution is 2.34. The molecule has 1 unspecified atom stereocenters. The molecule has 3 N–H and O–H groups in total. The summed E-state index contributed by atoms with van der Waals surface area (Å²) in [5.41, 5.74) is 6.91. The van der Waals surface area contributed by atoms with Crippen LogP contribution in [0.2, 0.25) is 0 Å². The number of benzene rings is 2. The molecule has 2 nitrogen and oxygen atoms in total. The average molecular weight is 299 g/mol. The van der Waals surface area contributed by atoms with Crippen LogP contribution in [0, 0.1) is 5.92 Å². The Morgan fingerprint density at radius 3 is 1.55 bits per heavy atom. The van der Waals surface area contributed by atoms with Crippen molar-refractivity contribution in [2.45, 2.75) is 45.8 Å².